The van der Waals surface area contributed by atoms with E-state index >= 15 is 0 Å². The van der Waals surface area contributed by atoms with E-state index in [-0.39, 0.29) is 11.0 Å². The lowest BCUT2D eigenvalue weighted by atomic mass is 9.96. The molecule has 0 amide bonds. The SMILES string of the molecule is C#CC1(O[Si](C)(C)C(C)(C)C)CCC(=C)/C1=C\C(=O)OCC. The number of ether oxygens (including phenoxy) is 1. The second-order valence-corrected chi connectivity index (χ2v) is 12.0. The van der Waals surface area contributed by atoms with E-state index in [4.69, 9.17) is 15.6 Å². The van der Waals surface area contributed by atoms with Crippen LogP contribution in [0.2, 0.25) is 18.1 Å². The molecule has 0 aromatic rings. The summed E-state index contributed by atoms with van der Waals surface area (Å²) in [6.07, 6.45) is 8.71. The highest BCUT2D eigenvalue weighted by atomic mass is 28.4. The maximum atomic E-state index is 11.9. The minimum absolute atomic E-state index is 0.0375. The van der Waals surface area contributed by atoms with Gasteiger partial charge in [-0.2, -0.15) is 0 Å². The van der Waals surface area contributed by atoms with E-state index < -0.39 is 13.9 Å². The van der Waals surface area contributed by atoms with Crippen LogP contribution in [0.4, 0.5) is 0 Å². The highest BCUT2D eigenvalue weighted by molar-refractivity contribution is 6.74. The monoisotopic (exact) mass is 320 g/mol. The first-order valence-electron chi connectivity index (χ1n) is 7.74. The minimum Gasteiger partial charge on any atom is -0.463 e. The van der Waals surface area contributed by atoms with E-state index in [0.29, 0.717) is 18.6 Å². The zero-order valence-corrected chi connectivity index (χ0v) is 15.7. The first-order chi connectivity index (χ1) is 9.99. The summed E-state index contributed by atoms with van der Waals surface area (Å²) in [6, 6.07) is 0. The van der Waals surface area contributed by atoms with E-state index in [1.54, 1.807) is 6.92 Å². The molecular formula is C18H28O3Si. The van der Waals surface area contributed by atoms with Gasteiger partial charge in [0.2, 0.25) is 0 Å². The molecular weight excluding hydrogens is 292 g/mol. The molecule has 1 fully saturated rings. The predicted octanol–water partition coefficient (Wildman–Crippen LogP) is 4.22. The Kier molecular flexibility index (Phi) is 5.48. The Bertz CT molecular complexity index is 532. The Morgan fingerprint density at radius 2 is 2.09 bits per heavy atom. The minimum atomic E-state index is -2.08. The van der Waals surface area contributed by atoms with Gasteiger partial charge in [0.25, 0.3) is 0 Å². The standard InChI is InChI=1S/C18H28O3Si/c1-9-18(21-22(7,8)17(4,5)6)12-11-14(3)15(18)13-16(19)20-10-2/h1,13H,3,10-12H2,2,4-8H3/b15-13+. The van der Waals surface area contributed by atoms with Gasteiger partial charge in [-0.15, -0.1) is 6.42 Å². The fourth-order valence-corrected chi connectivity index (χ4v) is 3.72. The molecule has 0 spiro atoms. The first kappa shape index (κ1) is 18.7. The molecule has 1 unspecified atom stereocenters. The van der Waals surface area contributed by atoms with Crippen LogP contribution in [0.25, 0.3) is 0 Å². The molecule has 0 heterocycles. The van der Waals surface area contributed by atoms with Gasteiger partial charge in [-0.05, 0) is 43.5 Å². The highest BCUT2D eigenvalue weighted by Crippen LogP contribution is 2.47. The fraction of sp³-hybridized carbons (Fsp3) is 0.611. The smallest absolute Gasteiger partial charge is 0.331 e. The van der Waals surface area contributed by atoms with Gasteiger partial charge in [0.1, 0.15) is 5.60 Å². The molecule has 1 saturated carbocycles. The lowest BCUT2D eigenvalue weighted by molar-refractivity contribution is -0.137. The van der Waals surface area contributed by atoms with Crippen molar-refractivity contribution >= 4 is 14.3 Å². The molecule has 1 rings (SSSR count). The number of carbonyl (C=O) groups is 1. The van der Waals surface area contributed by atoms with Gasteiger partial charge in [0.05, 0.1) is 6.61 Å². The Labute approximate surface area is 135 Å². The van der Waals surface area contributed by atoms with Gasteiger partial charge >= 0.3 is 5.97 Å². The summed E-state index contributed by atoms with van der Waals surface area (Å²) in [4.78, 5) is 11.9. The predicted molar refractivity (Wildman–Crippen MR) is 92.9 cm³/mol. The van der Waals surface area contributed by atoms with E-state index in [1.165, 1.54) is 6.08 Å². The van der Waals surface area contributed by atoms with Crippen molar-refractivity contribution < 1.29 is 14.0 Å². The largest absolute Gasteiger partial charge is 0.463 e. The Morgan fingerprint density at radius 3 is 2.55 bits per heavy atom. The summed E-state index contributed by atoms with van der Waals surface area (Å²) in [5.74, 6) is 2.42. The van der Waals surface area contributed by atoms with Crippen molar-refractivity contribution in [3.63, 3.8) is 0 Å². The Balaban J connectivity index is 3.23. The lowest BCUT2D eigenvalue weighted by Crippen LogP contribution is -2.49. The van der Waals surface area contributed by atoms with Crippen LogP contribution in [0, 0.1) is 12.3 Å². The highest BCUT2D eigenvalue weighted by Gasteiger charge is 2.48. The molecule has 0 saturated heterocycles. The van der Waals surface area contributed by atoms with E-state index in [2.05, 4.69) is 46.4 Å². The maximum absolute atomic E-state index is 11.9. The number of hydrogen-bond acceptors (Lipinski definition) is 3. The Hall–Kier alpha value is -1.31. The molecule has 0 aromatic carbocycles. The number of hydrogen-bond donors (Lipinski definition) is 0. The zero-order chi connectivity index (χ0) is 17.2. The third-order valence-electron chi connectivity index (χ3n) is 4.61. The van der Waals surface area contributed by atoms with E-state index in [0.717, 1.165) is 12.0 Å². The van der Waals surface area contributed by atoms with Crippen molar-refractivity contribution in [2.45, 2.75) is 64.3 Å². The van der Waals surface area contributed by atoms with Crippen LogP contribution >= 0.6 is 0 Å². The molecule has 1 aliphatic carbocycles. The summed E-state index contributed by atoms with van der Waals surface area (Å²) >= 11 is 0. The van der Waals surface area contributed by atoms with Gasteiger partial charge in [-0.3, -0.25) is 0 Å². The molecule has 3 nitrogen and oxygen atoms in total. The first-order valence-corrected chi connectivity index (χ1v) is 10.6. The average molecular weight is 321 g/mol. The molecule has 122 valence electrons. The third-order valence-corrected chi connectivity index (χ3v) is 9.08. The quantitative estimate of drug-likeness (QED) is 0.337. The normalized spacial score (nSPS) is 24.4. The van der Waals surface area contributed by atoms with Crippen LogP contribution < -0.4 is 0 Å². The van der Waals surface area contributed by atoms with Gasteiger partial charge in [-0.25, -0.2) is 4.79 Å². The fourth-order valence-electron chi connectivity index (χ4n) is 2.28. The van der Waals surface area contributed by atoms with Crippen molar-refractivity contribution in [3.8, 4) is 12.3 Å². The molecule has 0 bridgehead atoms. The number of terminal acetylenes is 1. The van der Waals surface area contributed by atoms with Crippen molar-refractivity contribution in [2.75, 3.05) is 6.61 Å². The van der Waals surface area contributed by atoms with Gasteiger partial charge in [-0.1, -0.05) is 33.3 Å². The average Bonchev–Trinajstić information content (AvgIpc) is 2.67. The topological polar surface area (TPSA) is 35.5 Å². The summed E-state index contributed by atoms with van der Waals surface area (Å²) in [5, 5.41) is 0.0375. The molecule has 0 radical (unpaired) electrons. The van der Waals surface area contributed by atoms with Crippen LogP contribution in [0.15, 0.2) is 23.8 Å². The van der Waals surface area contributed by atoms with E-state index in [9.17, 15) is 4.79 Å². The van der Waals surface area contributed by atoms with Crippen molar-refractivity contribution in [1.29, 1.82) is 0 Å². The maximum Gasteiger partial charge on any atom is 0.331 e. The molecule has 1 aliphatic rings. The number of carbonyl (C=O) groups excluding carboxylic acids is 1. The summed E-state index contributed by atoms with van der Waals surface area (Å²) < 4.78 is 11.5. The number of esters is 1. The van der Waals surface area contributed by atoms with Crippen LogP contribution in [0.5, 0.6) is 0 Å². The molecule has 0 aliphatic heterocycles. The molecule has 1 atom stereocenters. The second-order valence-electron chi connectivity index (χ2n) is 7.25. The summed E-state index contributed by atoms with van der Waals surface area (Å²) in [5.41, 5.74) is 0.718. The van der Waals surface area contributed by atoms with Crippen molar-refractivity contribution in [3.05, 3.63) is 23.8 Å². The van der Waals surface area contributed by atoms with Crippen molar-refractivity contribution in [2.24, 2.45) is 0 Å². The van der Waals surface area contributed by atoms with Crippen molar-refractivity contribution in [1.82, 2.24) is 0 Å². The molecule has 22 heavy (non-hydrogen) atoms. The zero-order valence-electron chi connectivity index (χ0n) is 14.7. The van der Waals surface area contributed by atoms with Crippen LogP contribution in [0.3, 0.4) is 0 Å². The Morgan fingerprint density at radius 1 is 1.50 bits per heavy atom. The molecule has 4 heteroatoms. The second kappa shape index (κ2) is 6.43. The van der Waals surface area contributed by atoms with Gasteiger partial charge in [0, 0.05) is 11.6 Å². The third kappa shape index (κ3) is 3.71. The molecule has 0 aromatic heterocycles. The van der Waals surface area contributed by atoms with Crippen LogP contribution in [-0.4, -0.2) is 26.5 Å². The van der Waals surface area contributed by atoms with Gasteiger partial charge < -0.3 is 9.16 Å². The lowest BCUT2D eigenvalue weighted by Gasteiger charge is -2.42. The van der Waals surface area contributed by atoms with Crippen LogP contribution in [0.1, 0.15) is 40.5 Å². The van der Waals surface area contributed by atoms with Gasteiger partial charge in [0.15, 0.2) is 8.32 Å². The number of rotatable bonds is 4. The van der Waals surface area contributed by atoms with E-state index in [1.807, 2.05) is 0 Å². The summed E-state index contributed by atoms with van der Waals surface area (Å²) in [7, 11) is -2.08. The van der Waals surface area contributed by atoms with Crippen LogP contribution in [-0.2, 0) is 14.0 Å². The molecule has 0 N–H and O–H groups in total. The summed E-state index contributed by atoms with van der Waals surface area (Å²) in [6.45, 7) is 17.0.